The molecule has 0 spiro atoms. The number of carbonyl (C=O) groups is 2. The average molecular weight is 324 g/mol. The molecule has 3 heterocycles. The first-order valence-corrected chi connectivity index (χ1v) is 7.85. The lowest BCUT2D eigenvalue weighted by atomic mass is 10.2. The molecule has 0 radical (unpaired) electrons. The molecular weight excluding hydrogens is 304 g/mol. The molecule has 6 heteroatoms. The Morgan fingerprint density at radius 2 is 2.29 bits per heavy atom. The van der Waals surface area contributed by atoms with Gasteiger partial charge in [-0.3, -0.25) is 9.59 Å². The molecule has 1 aliphatic heterocycles. The zero-order valence-electron chi connectivity index (χ0n) is 13.8. The van der Waals surface area contributed by atoms with E-state index in [0.29, 0.717) is 6.54 Å². The molecule has 3 rings (SSSR count). The maximum absolute atomic E-state index is 12.6. The molecule has 6 nitrogen and oxygen atoms in total. The number of nitrogens with one attached hydrogen (secondary N) is 1. The number of rotatable bonds is 4. The third-order valence-electron chi connectivity index (χ3n) is 4.24. The third-order valence-corrected chi connectivity index (χ3v) is 4.24. The van der Waals surface area contributed by atoms with Gasteiger partial charge in [0.15, 0.2) is 0 Å². The van der Waals surface area contributed by atoms with Gasteiger partial charge in [-0.1, -0.05) is 24.8 Å². The smallest absolute Gasteiger partial charge is 0.247 e. The van der Waals surface area contributed by atoms with Crippen molar-refractivity contribution in [2.45, 2.75) is 25.9 Å². The Labute approximate surface area is 140 Å². The number of fused-ring (bicyclic) bond motifs is 1. The minimum absolute atomic E-state index is 0.214. The Morgan fingerprint density at radius 1 is 1.50 bits per heavy atom. The quantitative estimate of drug-likeness (QED) is 0.688. The molecule has 24 heavy (non-hydrogen) atoms. The first-order valence-electron chi connectivity index (χ1n) is 7.85. The molecule has 0 saturated heterocycles. The second-order valence-corrected chi connectivity index (χ2v) is 5.87. The van der Waals surface area contributed by atoms with Crippen LogP contribution >= 0.6 is 0 Å². The van der Waals surface area contributed by atoms with Gasteiger partial charge in [0.2, 0.25) is 11.8 Å². The summed E-state index contributed by atoms with van der Waals surface area (Å²) in [6, 6.07) is 3.12. The summed E-state index contributed by atoms with van der Waals surface area (Å²) in [7, 11) is 0. The van der Waals surface area contributed by atoms with E-state index in [1.54, 1.807) is 12.3 Å². The summed E-state index contributed by atoms with van der Waals surface area (Å²) < 4.78 is 1.97. The van der Waals surface area contributed by atoms with Gasteiger partial charge in [0, 0.05) is 12.7 Å². The zero-order chi connectivity index (χ0) is 17.3. The van der Waals surface area contributed by atoms with Gasteiger partial charge >= 0.3 is 0 Å². The topological polar surface area (TPSA) is 66.7 Å². The summed E-state index contributed by atoms with van der Waals surface area (Å²) in [5, 5.41) is 2.97. The van der Waals surface area contributed by atoms with E-state index in [1.807, 2.05) is 42.7 Å². The molecule has 0 aromatic carbocycles. The standard InChI is InChI=1S/C18H20N4O2/c1-4-16(23)21-9-6-8-14(21)18(24)20-13(3)15-11-19-17-12(2)7-5-10-22(15)17/h4-8,10-11,13-14H,1,9H2,2-3H3,(H,20,24)/t13-,14-/m0/s1. The summed E-state index contributed by atoms with van der Waals surface area (Å²) in [6.07, 6.45) is 8.47. The largest absolute Gasteiger partial charge is 0.346 e. The lowest BCUT2D eigenvalue weighted by Crippen LogP contribution is -2.46. The van der Waals surface area contributed by atoms with Crippen LogP contribution in [0.5, 0.6) is 0 Å². The van der Waals surface area contributed by atoms with Crippen molar-refractivity contribution in [2.24, 2.45) is 0 Å². The summed E-state index contributed by atoms with van der Waals surface area (Å²) in [5.41, 5.74) is 2.84. The first-order chi connectivity index (χ1) is 11.5. The van der Waals surface area contributed by atoms with Crippen LogP contribution in [-0.2, 0) is 9.59 Å². The first kappa shape index (κ1) is 16.0. The summed E-state index contributed by atoms with van der Waals surface area (Å²) in [5.74, 6) is -0.465. The highest BCUT2D eigenvalue weighted by atomic mass is 16.2. The molecular formula is C18H20N4O2. The second-order valence-electron chi connectivity index (χ2n) is 5.87. The fourth-order valence-electron chi connectivity index (χ4n) is 2.96. The van der Waals surface area contributed by atoms with Crippen LogP contribution in [-0.4, -0.2) is 38.7 Å². The Morgan fingerprint density at radius 3 is 3.04 bits per heavy atom. The predicted molar refractivity (Wildman–Crippen MR) is 91.3 cm³/mol. The van der Waals surface area contributed by atoms with Gasteiger partial charge in [0.1, 0.15) is 11.7 Å². The predicted octanol–water partition coefficient (Wildman–Crippen LogP) is 1.77. The molecule has 2 aromatic heterocycles. The van der Waals surface area contributed by atoms with E-state index in [1.165, 1.54) is 11.0 Å². The number of nitrogens with zero attached hydrogens (tertiary/aromatic N) is 3. The van der Waals surface area contributed by atoms with Crippen LogP contribution in [0.4, 0.5) is 0 Å². The maximum Gasteiger partial charge on any atom is 0.247 e. The van der Waals surface area contributed by atoms with Crippen molar-refractivity contribution in [3.05, 3.63) is 60.6 Å². The van der Waals surface area contributed by atoms with Crippen molar-refractivity contribution in [3.63, 3.8) is 0 Å². The Kier molecular flexibility index (Phi) is 4.20. The summed E-state index contributed by atoms with van der Waals surface area (Å²) in [4.78, 5) is 30.3. The highest BCUT2D eigenvalue weighted by molar-refractivity contribution is 5.94. The SMILES string of the molecule is C=CC(=O)N1CC=C[C@H]1C(=O)N[C@@H](C)c1cnc2c(C)cccn12. The molecule has 2 atom stereocenters. The Bertz CT molecular complexity index is 837. The number of imidazole rings is 1. The van der Waals surface area contributed by atoms with Crippen molar-refractivity contribution < 1.29 is 9.59 Å². The molecule has 0 unspecified atom stereocenters. The molecule has 1 aliphatic rings. The lowest BCUT2D eigenvalue weighted by molar-refractivity contribution is -0.134. The summed E-state index contributed by atoms with van der Waals surface area (Å²) >= 11 is 0. The molecule has 0 fully saturated rings. The number of hydrogen-bond acceptors (Lipinski definition) is 3. The molecule has 0 bridgehead atoms. The van der Waals surface area contributed by atoms with Gasteiger partial charge < -0.3 is 14.6 Å². The van der Waals surface area contributed by atoms with E-state index in [-0.39, 0.29) is 17.9 Å². The van der Waals surface area contributed by atoms with Gasteiger partial charge in [-0.25, -0.2) is 4.98 Å². The molecule has 0 aliphatic carbocycles. The van der Waals surface area contributed by atoms with Crippen LogP contribution in [0.15, 0.2) is 49.3 Å². The minimum Gasteiger partial charge on any atom is -0.346 e. The van der Waals surface area contributed by atoms with E-state index in [9.17, 15) is 9.59 Å². The van der Waals surface area contributed by atoms with Crippen molar-refractivity contribution in [3.8, 4) is 0 Å². The number of pyridine rings is 1. The fraction of sp³-hybridized carbons (Fsp3) is 0.278. The third kappa shape index (κ3) is 2.71. The average Bonchev–Trinajstić information content (AvgIpc) is 3.21. The molecule has 0 saturated carbocycles. The van der Waals surface area contributed by atoms with Crippen molar-refractivity contribution in [2.75, 3.05) is 6.54 Å². The van der Waals surface area contributed by atoms with Crippen molar-refractivity contribution >= 4 is 17.5 Å². The van der Waals surface area contributed by atoms with E-state index < -0.39 is 6.04 Å². The number of aromatic nitrogens is 2. The van der Waals surface area contributed by atoms with Crippen LogP contribution in [0.2, 0.25) is 0 Å². The Hall–Kier alpha value is -2.89. The van der Waals surface area contributed by atoms with Gasteiger partial charge in [0.25, 0.3) is 0 Å². The minimum atomic E-state index is -0.598. The molecule has 124 valence electrons. The number of carbonyl (C=O) groups excluding carboxylic acids is 2. The van der Waals surface area contributed by atoms with Gasteiger partial charge in [-0.2, -0.15) is 0 Å². The number of amides is 2. The van der Waals surface area contributed by atoms with E-state index in [2.05, 4.69) is 16.9 Å². The van der Waals surface area contributed by atoms with Crippen LogP contribution < -0.4 is 5.32 Å². The van der Waals surface area contributed by atoms with E-state index >= 15 is 0 Å². The fourth-order valence-corrected chi connectivity index (χ4v) is 2.96. The van der Waals surface area contributed by atoms with Crippen LogP contribution in [0, 0.1) is 6.92 Å². The molecule has 1 N–H and O–H groups in total. The van der Waals surface area contributed by atoms with Crippen LogP contribution in [0.3, 0.4) is 0 Å². The summed E-state index contributed by atoms with van der Waals surface area (Å²) in [6.45, 7) is 7.81. The zero-order valence-corrected chi connectivity index (χ0v) is 13.8. The van der Waals surface area contributed by atoms with Gasteiger partial charge in [-0.05, 0) is 31.6 Å². The van der Waals surface area contributed by atoms with Crippen LogP contribution in [0.1, 0.15) is 24.2 Å². The van der Waals surface area contributed by atoms with E-state index in [0.717, 1.165) is 16.9 Å². The second kappa shape index (κ2) is 6.31. The lowest BCUT2D eigenvalue weighted by Gasteiger charge is -2.24. The maximum atomic E-state index is 12.6. The highest BCUT2D eigenvalue weighted by Gasteiger charge is 2.30. The number of aryl methyl sites for hydroxylation is 1. The molecule has 2 amide bonds. The highest BCUT2D eigenvalue weighted by Crippen LogP contribution is 2.18. The monoisotopic (exact) mass is 324 g/mol. The van der Waals surface area contributed by atoms with E-state index in [4.69, 9.17) is 0 Å². The van der Waals surface area contributed by atoms with Crippen molar-refractivity contribution in [1.82, 2.24) is 19.6 Å². The Balaban J connectivity index is 1.78. The normalized spacial score (nSPS) is 17.9. The van der Waals surface area contributed by atoms with Crippen molar-refractivity contribution in [1.29, 1.82) is 0 Å². The van der Waals surface area contributed by atoms with Crippen LogP contribution in [0.25, 0.3) is 5.65 Å². The number of hydrogen-bond donors (Lipinski definition) is 1. The molecule has 2 aromatic rings. The van der Waals surface area contributed by atoms with Gasteiger partial charge in [0.05, 0.1) is 17.9 Å². The van der Waals surface area contributed by atoms with Gasteiger partial charge in [-0.15, -0.1) is 0 Å².